The van der Waals surface area contributed by atoms with Crippen molar-refractivity contribution in [1.82, 2.24) is 9.88 Å². The Labute approximate surface area is 119 Å². The summed E-state index contributed by atoms with van der Waals surface area (Å²) < 4.78 is 24.4. The summed E-state index contributed by atoms with van der Waals surface area (Å²) in [5, 5.41) is 8.05. The van der Waals surface area contributed by atoms with Crippen molar-refractivity contribution in [3.63, 3.8) is 0 Å². The summed E-state index contributed by atoms with van der Waals surface area (Å²) in [5.41, 5.74) is 0.472. The van der Waals surface area contributed by atoms with E-state index in [0.717, 1.165) is 12.8 Å². The molecule has 1 amide bonds. The Morgan fingerprint density at radius 2 is 2.15 bits per heavy atom. The van der Waals surface area contributed by atoms with Gasteiger partial charge in [-0.3, -0.25) is 4.79 Å². The topological polar surface area (TPSA) is 94.2 Å². The lowest BCUT2D eigenvalue weighted by atomic mass is 10.2. The zero-order valence-corrected chi connectivity index (χ0v) is 12.8. The third kappa shape index (κ3) is 3.04. The summed E-state index contributed by atoms with van der Waals surface area (Å²) in [7, 11) is -3.79. The van der Waals surface area contributed by atoms with Gasteiger partial charge in [-0.25, -0.2) is 13.6 Å². The second-order valence-electron chi connectivity index (χ2n) is 6.02. The predicted molar refractivity (Wildman–Crippen MR) is 75.7 cm³/mol. The minimum atomic E-state index is -3.79. The number of amides is 1. The lowest BCUT2D eigenvalue weighted by Gasteiger charge is -2.09. The van der Waals surface area contributed by atoms with E-state index in [4.69, 9.17) is 5.14 Å². The summed E-state index contributed by atoms with van der Waals surface area (Å²) in [6, 6.07) is 1.49. The van der Waals surface area contributed by atoms with E-state index in [1.807, 2.05) is 6.92 Å². The molecule has 0 radical (unpaired) electrons. The Morgan fingerprint density at radius 1 is 1.55 bits per heavy atom. The minimum Gasteiger partial charge on any atom is -0.347 e. The molecule has 0 aromatic carbocycles. The van der Waals surface area contributed by atoms with E-state index in [9.17, 15) is 13.2 Å². The van der Waals surface area contributed by atoms with Gasteiger partial charge in [0.25, 0.3) is 5.91 Å². The van der Waals surface area contributed by atoms with Crippen molar-refractivity contribution in [2.45, 2.75) is 51.1 Å². The first-order valence-corrected chi connectivity index (χ1v) is 8.23. The number of hydrogen-bond acceptors (Lipinski definition) is 3. The zero-order valence-electron chi connectivity index (χ0n) is 12.0. The van der Waals surface area contributed by atoms with E-state index in [-0.39, 0.29) is 22.3 Å². The molecule has 1 atom stereocenters. The highest BCUT2D eigenvalue weighted by molar-refractivity contribution is 7.89. The molecule has 1 fully saturated rings. The number of sulfonamides is 1. The van der Waals surface area contributed by atoms with Gasteiger partial charge in [0, 0.05) is 18.8 Å². The second kappa shape index (κ2) is 4.89. The first-order chi connectivity index (χ1) is 9.15. The molecular formula is C13H21N3O3S. The van der Waals surface area contributed by atoms with Crippen LogP contribution in [0.3, 0.4) is 0 Å². The number of primary sulfonamides is 1. The van der Waals surface area contributed by atoms with Crippen molar-refractivity contribution in [2.24, 2.45) is 10.6 Å². The van der Waals surface area contributed by atoms with Crippen LogP contribution in [0.4, 0.5) is 0 Å². The van der Waals surface area contributed by atoms with Crippen LogP contribution in [0, 0.1) is 5.41 Å². The summed E-state index contributed by atoms with van der Waals surface area (Å²) in [6.07, 6.45) is 3.16. The van der Waals surface area contributed by atoms with E-state index in [1.54, 1.807) is 4.57 Å². The zero-order chi connectivity index (χ0) is 15.1. The maximum Gasteiger partial charge on any atom is 0.268 e. The van der Waals surface area contributed by atoms with Crippen LogP contribution in [0.2, 0.25) is 0 Å². The number of rotatable bonds is 5. The fourth-order valence-electron chi connectivity index (χ4n) is 2.20. The molecule has 1 aromatic rings. The van der Waals surface area contributed by atoms with Crippen LogP contribution >= 0.6 is 0 Å². The lowest BCUT2D eigenvalue weighted by Crippen LogP contribution is -2.30. The summed E-state index contributed by atoms with van der Waals surface area (Å²) in [6.45, 7) is 6.70. The summed E-state index contributed by atoms with van der Waals surface area (Å²) in [5.74, 6) is -0.246. The van der Waals surface area contributed by atoms with E-state index >= 15 is 0 Å². The Kier molecular flexibility index (Phi) is 3.68. The molecule has 1 aromatic heterocycles. The molecule has 0 bridgehead atoms. The average Bonchev–Trinajstić information content (AvgIpc) is 2.74. The average molecular weight is 299 g/mol. The molecule has 112 valence electrons. The third-order valence-corrected chi connectivity index (χ3v) is 4.60. The first-order valence-electron chi connectivity index (χ1n) is 6.69. The molecule has 2 rings (SSSR count). The SMILES string of the molecule is CCCn1cc(S(N)(=O)=O)cc1C(=O)NC1CC1(C)C. The van der Waals surface area contributed by atoms with Gasteiger partial charge in [-0.05, 0) is 24.3 Å². The first kappa shape index (κ1) is 15.1. The molecule has 6 nitrogen and oxygen atoms in total. The molecule has 0 aliphatic heterocycles. The molecule has 1 saturated carbocycles. The van der Waals surface area contributed by atoms with E-state index in [0.29, 0.717) is 12.2 Å². The largest absolute Gasteiger partial charge is 0.347 e. The van der Waals surface area contributed by atoms with Crippen LogP contribution < -0.4 is 10.5 Å². The number of aryl methyl sites for hydroxylation is 1. The van der Waals surface area contributed by atoms with E-state index in [2.05, 4.69) is 19.2 Å². The van der Waals surface area contributed by atoms with Crippen LogP contribution in [0.1, 0.15) is 44.1 Å². The molecule has 1 aliphatic rings. The fourth-order valence-corrected chi connectivity index (χ4v) is 2.75. The fraction of sp³-hybridized carbons (Fsp3) is 0.615. The van der Waals surface area contributed by atoms with Crippen LogP contribution in [0.25, 0.3) is 0 Å². The standard InChI is InChI=1S/C13H21N3O3S/c1-4-5-16-8-9(20(14,18)19)6-10(16)12(17)15-11-7-13(11,2)3/h6,8,11H,4-5,7H2,1-3H3,(H,15,17)(H2,14,18,19). The highest BCUT2D eigenvalue weighted by Gasteiger charge is 2.46. The highest BCUT2D eigenvalue weighted by atomic mass is 32.2. The number of carbonyl (C=O) groups is 1. The minimum absolute atomic E-state index is 0.0221. The molecule has 20 heavy (non-hydrogen) atoms. The monoisotopic (exact) mass is 299 g/mol. The Bertz CT molecular complexity index is 631. The molecule has 1 heterocycles. The number of nitrogens with one attached hydrogen (secondary N) is 1. The molecule has 1 aliphatic carbocycles. The van der Waals surface area contributed by atoms with Gasteiger partial charge in [0.1, 0.15) is 10.6 Å². The molecule has 0 spiro atoms. The van der Waals surface area contributed by atoms with Crippen LogP contribution in [0.5, 0.6) is 0 Å². The van der Waals surface area contributed by atoms with Crippen LogP contribution in [-0.4, -0.2) is 24.9 Å². The van der Waals surface area contributed by atoms with Gasteiger partial charge >= 0.3 is 0 Å². The quantitative estimate of drug-likeness (QED) is 0.851. The highest BCUT2D eigenvalue weighted by Crippen LogP contribution is 2.44. The second-order valence-corrected chi connectivity index (χ2v) is 7.58. The lowest BCUT2D eigenvalue weighted by molar-refractivity contribution is 0.0937. The maximum atomic E-state index is 12.3. The van der Waals surface area contributed by atoms with Crippen LogP contribution in [0.15, 0.2) is 17.2 Å². The van der Waals surface area contributed by atoms with E-state index in [1.165, 1.54) is 12.3 Å². The van der Waals surface area contributed by atoms with Gasteiger partial charge in [-0.1, -0.05) is 20.8 Å². The maximum absolute atomic E-state index is 12.3. The summed E-state index contributed by atoms with van der Waals surface area (Å²) >= 11 is 0. The van der Waals surface area contributed by atoms with Gasteiger partial charge in [-0.15, -0.1) is 0 Å². The van der Waals surface area contributed by atoms with Crippen LogP contribution in [-0.2, 0) is 16.6 Å². The molecule has 0 saturated heterocycles. The van der Waals surface area contributed by atoms with Crippen molar-refractivity contribution < 1.29 is 13.2 Å². The number of hydrogen-bond donors (Lipinski definition) is 2. The van der Waals surface area contributed by atoms with Gasteiger partial charge in [-0.2, -0.15) is 0 Å². The Morgan fingerprint density at radius 3 is 2.60 bits per heavy atom. The normalized spacial score (nSPS) is 20.7. The van der Waals surface area contributed by atoms with Gasteiger partial charge in [0.2, 0.25) is 10.0 Å². The smallest absolute Gasteiger partial charge is 0.268 e. The van der Waals surface area contributed by atoms with Crippen molar-refractivity contribution in [3.8, 4) is 0 Å². The Hall–Kier alpha value is -1.34. The van der Waals surface area contributed by atoms with Gasteiger partial charge < -0.3 is 9.88 Å². The predicted octanol–water partition coefficient (Wildman–Crippen LogP) is 1.07. The molecule has 7 heteroatoms. The summed E-state index contributed by atoms with van der Waals surface area (Å²) in [4.78, 5) is 12.2. The van der Waals surface area contributed by atoms with Crippen molar-refractivity contribution in [2.75, 3.05) is 0 Å². The molecule has 1 unspecified atom stereocenters. The van der Waals surface area contributed by atoms with Gasteiger partial charge in [0.15, 0.2) is 0 Å². The number of aromatic nitrogens is 1. The third-order valence-electron chi connectivity index (χ3n) is 3.72. The number of carbonyl (C=O) groups excluding carboxylic acids is 1. The van der Waals surface area contributed by atoms with Crippen molar-refractivity contribution in [1.29, 1.82) is 0 Å². The Balaban J connectivity index is 2.25. The number of nitrogens with two attached hydrogens (primary N) is 1. The van der Waals surface area contributed by atoms with Gasteiger partial charge in [0.05, 0.1) is 0 Å². The molecule has 3 N–H and O–H groups in total. The molecular weight excluding hydrogens is 278 g/mol. The van der Waals surface area contributed by atoms with Crippen molar-refractivity contribution in [3.05, 3.63) is 18.0 Å². The number of nitrogens with zero attached hydrogens (tertiary/aromatic N) is 1. The van der Waals surface area contributed by atoms with E-state index < -0.39 is 10.0 Å². The van der Waals surface area contributed by atoms with Crippen molar-refractivity contribution >= 4 is 15.9 Å².